The third-order valence-electron chi connectivity index (χ3n) is 4.69. The van der Waals surface area contributed by atoms with Crippen molar-refractivity contribution in [2.24, 2.45) is 0 Å². The van der Waals surface area contributed by atoms with E-state index >= 15 is 0 Å². The molecule has 3 nitrogen and oxygen atoms in total. The molecule has 0 saturated heterocycles. The van der Waals surface area contributed by atoms with Crippen LogP contribution in [0.15, 0.2) is 24.3 Å². The average Bonchev–Trinajstić information content (AvgIpc) is 2.62. The van der Waals surface area contributed by atoms with E-state index in [9.17, 15) is 10.2 Å². The largest absolute Gasteiger partial charge is 0.504 e. The summed E-state index contributed by atoms with van der Waals surface area (Å²) in [5.41, 5.74) is 0. The lowest BCUT2D eigenvalue weighted by atomic mass is 10.0. The fourth-order valence-electron chi connectivity index (χ4n) is 3.07. The van der Waals surface area contributed by atoms with Crippen LogP contribution >= 0.6 is 0 Å². The van der Waals surface area contributed by atoms with Crippen LogP contribution in [0.3, 0.4) is 0 Å². The maximum Gasteiger partial charge on any atom is 0.161 e. The molecule has 0 saturated carbocycles. The van der Waals surface area contributed by atoms with E-state index in [1.54, 1.807) is 18.2 Å². The van der Waals surface area contributed by atoms with E-state index in [-0.39, 0.29) is 12.4 Å². The number of aliphatic hydroxyl groups is 1. The molecule has 1 aromatic rings. The van der Waals surface area contributed by atoms with Gasteiger partial charge in [0.2, 0.25) is 0 Å². The number of aromatic hydroxyl groups is 1. The van der Waals surface area contributed by atoms with Gasteiger partial charge in [-0.25, -0.2) is 0 Å². The number of aliphatic hydroxyl groups excluding tert-OH is 1. The highest BCUT2D eigenvalue weighted by molar-refractivity contribution is 5.37. The number of rotatable bonds is 16. The van der Waals surface area contributed by atoms with Gasteiger partial charge in [-0.2, -0.15) is 0 Å². The Labute approximate surface area is 154 Å². The molecule has 0 spiro atoms. The minimum absolute atomic E-state index is 0.125. The van der Waals surface area contributed by atoms with Crippen LogP contribution in [0.5, 0.6) is 11.5 Å². The number of hydrogen-bond acceptors (Lipinski definition) is 3. The number of ether oxygens (including phenoxy) is 1. The zero-order valence-electron chi connectivity index (χ0n) is 16.1. The van der Waals surface area contributed by atoms with Crippen molar-refractivity contribution in [2.75, 3.05) is 6.61 Å². The van der Waals surface area contributed by atoms with Crippen molar-refractivity contribution in [3.05, 3.63) is 24.3 Å². The van der Waals surface area contributed by atoms with Crippen LogP contribution in [0.2, 0.25) is 0 Å². The van der Waals surface area contributed by atoms with Gasteiger partial charge in [-0.1, -0.05) is 96.1 Å². The second kappa shape index (κ2) is 15.1. The van der Waals surface area contributed by atoms with Crippen LogP contribution in [0.4, 0.5) is 0 Å². The molecular formula is C22H38O3. The summed E-state index contributed by atoms with van der Waals surface area (Å²) in [6.07, 6.45) is 16.2. The van der Waals surface area contributed by atoms with Gasteiger partial charge < -0.3 is 14.9 Å². The molecule has 25 heavy (non-hydrogen) atoms. The van der Waals surface area contributed by atoms with Crippen molar-refractivity contribution in [1.29, 1.82) is 0 Å². The zero-order valence-corrected chi connectivity index (χ0v) is 16.1. The lowest BCUT2D eigenvalue weighted by Crippen LogP contribution is -2.17. The van der Waals surface area contributed by atoms with Crippen LogP contribution in [-0.4, -0.2) is 22.9 Å². The first-order chi connectivity index (χ1) is 12.2. The number of benzene rings is 1. The third-order valence-corrected chi connectivity index (χ3v) is 4.69. The van der Waals surface area contributed by atoms with Crippen LogP contribution < -0.4 is 4.74 Å². The Kier molecular flexibility index (Phi) is 13.2. The van der Waals surface area contributed by atoms with Crippen molar-refractivity contribution in [2.45, 2.75) is 96.5 Å². The van der Waals surface area contributed by atoms with Crippen LogP contribution in [-0.2, 0) is 0 Å². The van der Waals surface area contributed by atoms with E-state index in [2.05, 4.69) is 6.92 Å². The van der Waals surface area contributed by atoms with Gasteiger partial charge in [0.25, 0.3) is 0 Å². The topological polar surface area (TPSA) is 49.7 Å². The van der Waals surface area contributed by atoms with Crippen LogP contribution in [0, 0.1) is 0 Å². The van der Waals surface area contributed by atoms with E-state index in [0.717, 1.165) is 12.8 Å². The van der Waals surface area contributed by atoms with Gasteiger partial charge in [0.1, 0.15) is 6.61 Å². The zero-order chi connectivity index (χ0) is 18.2. The predicted molar refractivity (Wildman–Crippen MR) is 105 cm³/mol. The van der Waals surface area contributed by atoms with Gasteiger partial charge in [-0.15, -0.1) is 0 Å². The van der Waals surface area contributed by atoms with Gasteiger partial charge in [0, 0.05) is 0 Å². The summed E-state index contributed by atoms with van der Waals surface area (Å²) in [6.45, 7) is 2.51. The highest BCUT2D eigenvalue weighted by atomic mass is 16.5. The molecule has 144 valence electrons. The average molecular weight is 351 g/mol. The Morgan fingerprint density at radius 1 is 0.800 bits per heavy atom. The Morgan fingerprint density at radius 2 is 1.32 bits per heavy atom. The molecule has 1 unspecified atom stereocenters. The molecule has 0 bridgehead atoms. The van der Waals surface area contributed by atoms with Crippen molar-refractivity contribution < 1.29 is 14.9 Å². The Hall–Kier alpha value is -1.22. The Bertz CT molecular complexity index is 419. The highest BCUT2D eigenvalue weighted by Crippen LogP contribution is 2.24. The van der Waals surface area contributed by atoms with Gasteiger partial charge >= 0.3 is 0 Å². The monoisotopic (exact) mass is 350 g/mol. The first-order valence-corrected chi connectivity index (χ1v) is 10.3. The molecule has 0 aliphatic rings. The molecular weight excluding hydrogens is 312 g/mol. The summed E-state index contributed by atoms with van der Waals surface area (Å²) in [4.78, 5) is 0. The number of hydrogen-bond donors (Lipinski definition) is 2. The summed E-state index contributed by atoms with van der Waals surface area (Å²) in [5, 5.41) is 19.6. The Balaban J connectivity index is 1.87. The third kappa shape index (κ3) is 11.9. The van der Waals surface area contributed by atoms with E-state index in [1.165, 1.54) is 70.6 Å². The van der Waals surface area contributed by atoms with Crippen molar-refractivity contribution >= 4 is 0 Å². The summed E-state index contributed by atoms with van der Waals surface area (Å²) < 4.78 is 5.46. The number of phenols is 1. The van der Waals surface area contributed by atoms with Crippen LogP contribution in [0.1, 0.15) is 90.4 Å². The fourth-order valence-corrected chi connectivity index (χ4v) is 3.07. The molecule has 0 radical (unpaired) electrons. The molecule has 0 fully saturated rings. The molecule has 0 aliphatic carbocycles. The van der Waals surface area contributed by atoms with Gasteiger partial charge in [0.05, 0.1) is 6.10 Å². The first-order valence-electron chi connectivity index (χ1n) is 10.3. The van der Waals surface area contributed by atoms with E-state index in [4.69, 9.17) is 4.74 Å². The molecule has 1 rings (SSSR count). The highest BCUT2D eigenvalue weighted by Gasteiger charge is 2.07. The first kappa shape index (κ1) is 21.8. The minimum Gasteiger partial charge on any atom is -0.504 e. The van der Waals surface area contributed by atoms with Crippen molar-refractivity contribution in [1.82, 2.24) is 0 Å². The molecule has 1 aromatic carbocycles. The van der Waals surface area contributed by atoms with Gasteiger partial charge in [0.15, 0.2) is 11.5 Å². The molecule has 3 heteroatoms. The maximum atomic E-state index is 9.96. The lowest BCUT2D eigenvalue weighted by Gasteiger charge is -2.13. The predicted octanol–water partition coefficient (Wildman–Crippen LogP) is 6.22. The molecule has 0 aliphatic heterocycles. The SMILES string of the molecule is CCCCCCCCCCCCCCC(O)COc1ccccc1O. The molecule has 1 atom stereocenters. The summed E-state index contributed by atoms with van der Waals surface area (Å²) in [6, 6.07) is 6.87. The van der Waals surface area contributed by atoms with E-state index < -0.39 is 6.10 Å². The van der Waals surface area contributed by atoms with Crippen molar-refractivity contribution in [3.63, 3.8) is 0 Å². The normalized spacial score (nSPS) is 12.2. The van der Waals surface area contributed by atoms with Crippen LogP contribution in [0.25, 0.3) is 0 Å². The van der Waals surface area contributed by atoms with E-state index in [0.29, 0.717) is 5.75 Å². The standard InChI is InChI=1S/C22H38O3/c1-2-3-4-5-6-7-8-9-10-11-12-13-16-20(23)19-25-22-18-15-14-17-21(22)24/h14-15,17-18,20,23-24H,2-13,16,19H2,1H3. The fraction of sp³-hybridized carbons (Fsp3) is 0.727. The number of unbranched alkanes of at least 4 members (excludes halogenated alkanes) is 11. The molecule has 0 heterocycles. The number of phenolic OH excluding ortho intramolecular Hbond substituents is 1. The van der Waals surface area contributed by atoms with E-state index in [1.807, 2.05) is 6.07 Å². The Morgan fingerprint density at radius 3 is 1.88 bits per heavy atom. The molecule has 0 aromatic heterocycles. The summed E-state index contributed by atoms with van der Waals surface area (Å²) >= 11 is 0. The van der Waals surface area contributed by atoms with Gasteiger partial charge in [-0.05, 0) is 18.6 Å². The number of para-hydroxylation sites is 2. The second-order valence-corrected chi connectivity index (χ2v) is 7.11. The molecule has 2 N–H and O–H groups in total. The molecule has 0 amide bonds. The quantitative estimate of drug-likeness (QED) is 0.348. The second-order valence-electron chi connectivity index (χ2n) is 7.11. The lowest BCUT2D eigenvalue weighted by molar-refractivity contribution is 0.0960. The van der Waals surface area contributed by atoms with Crippen molar-refractivity contribution in [3.8, 4) is 11.5 Å². The smallest absolute Gasteiger partial charge is 0.161 e. The summed E-state index contributed by atoms with van der Waals surface area (Å²) in [5.74, 6) is 0.566. The maximum absolute atomic E-state index is 9.96. The summed E-state index contributed by atoms with van der Waals surface area (Å²) in [7, 11) is 0. The van der Waals surface area contributed by atoms with Gasteiger partial charge in [-0.3, -0.25) is 0 Å². The minimum atomic E-state index is -0.456.